The van der Waals surface area contributed by atoms with E-state index in [-0.39, 0.29) is 10.8 Å². The van der Waals surface area contributed by atoms with E-state index in [0.717, 1.165) is 96.2 Å². The van der Waals surface area contributed by atoms with E-state index in [9.17, 15) is 0 Å². The van der Waals surface area contributed by atoms with Gasteiger partial charge in [-0.05, 0) is 195 Å². The Morgan fingerprint density at radius 1 is 0.391 bits per heavy atom. The number of likely N-dealkylation sites (N-methyl/N-ethyl adjacent to an activating group) is 1. The molecule has 5 rings (SSSR count). The second-order valence-electron chi connectivity index (χ2n) is 21.5. The first-order valence-corrected chi connectivity index (χ1v) is 24.1. The van der Waals surface area contributed by atoms with Gasteiger partial charge in [-0.15, -0.1) is 0 Å². The van der Waals surface area contributed by atoms with Crippen LogP contribution in [-0.4, -0.2) is 164 Å². The smallest absolute Gasteiger partial charge is 0.119 e. The highest BCUT2D eigenvalue weighted by Crippen LogP contribution is 2.57. The lowest BCUT2D eigenvalue weighted by molar-refractivity contribution is 0.187. The predicted octanol–water partition coefficient (Wildman–Crippen LogP) is 9.42. The second-order valence-corrected chi connectivity index (χ2v) is 21.5. The first kappa shape index (κ1) is 51.2. The summed E-state index contributed by atoms with van der Waals surface area (Å²) < 4.78 is 13.1. The summed E-state index contributed by atoms with van der Waals surface area (Å²) in [4.78, 5) is 14.2. The quantitative estimate of drug-likeness (QED) is 0.0575. The Labute approximate surface area is 390 Å². The van der Waals surface area contributed by atoms with Crippen molar-refractivity contribution in [3.8, 4) is 22.6 Å². The van der Waals surface area contributed by atoms with Gasteiger partial charge in [0.1, 0.15) is 24.7 Å². The van der Waals surface area contributed by atoms with Gasteiger partial charge in [0.2, 0.25) is 0 Å². The van der Waals surface area contributed by atoms with Crippen LogP contribution >= 0.6 is 0 Å². The number of rotatable bonds is 25. The van der Waals surface area contributed by atoms with Gasteiger partial charge >= 0.3 is 0 Å². The third-order valence-electron chi connectivity index (χ3n) is 12.9. The lowest BCUT2D eigenvalue weighted by Crippen LogP contribution is -2.36. The zero-order valence-corrected chi connectivity index (χ0v) is 42.7. The van der Waals surface area contributed by atoms with Gasteiger partial charge in [0, 0.05) is 26.2 Å². The highest BCUT2D eigenvalue weighted by Gasteiger charge is 2.47. The molecule has 0 fully saturated rings. The van der Waals surface area contributed by atoms with Crippen LogP contribution in [0, 0.1) is 0 Å². The average Bonchev–Trinajstić information content (AvgIpc) is 3.52. The molecule has 1 aliphatic rings. The van der Waals surface area contributed by atoms with Crippen LogP contribution in [0.5, 0.6) is 11.5 Å². The molecule has 0 aliphatic heterocycles. The van der Waals surface area contributed by atoms with Gasteiger partial charge < -0.3 is 29.1 Å². The molecule has 0 radical (unpaired) electrons. The van der Waals surface area contributed by atoms with Crippen LogP contribution in [-0.2, 0) is 16.2 Å². The predicted molar refractivity (Wildman–Crippen MR) is 273 cm³/mol. The van der Waals surface area contributed by atoms with E-state index in [1.807, 2.05) is 0 Å². The minimum atomic E-state index is -0.546. The van der Waals surface area contributed by atoms with Gasteiger partial charge in [-0.1, -0.05) is 102 Å². The van der Waals surface area contributed by atoms with E-state index in [4.69, 9.17) is 9.47 Å². The third kappa shape index (κ3) is 13.9. The summed E-state index contributed by atoms with van der Waals surface area (Å²) in [6.45, 7) is 25.7. The summed E-state index contributed by atoms with van der Waals surface area (Å²) in [6.07, 6.45) is 3.46. The van der Waals surface area contributed by atoms with Crippen molar-refractivity contribution in [3.05, 3.63) is 118 Å². The highest BCUT2D eigenvalue weighted by atomic mass is 16.5. The first-order valence-electron chi connectivity index (χ1n) is 24.1. The van der Waals surface area contributed by atoms with Crippen molar-refractivity contribution >= 4 is 0 Å². The number of fused-ring (bicyclic) bond motifs is 3. The summed E-state index contributed by atoms with van der Waals surface area (Å²) in [5.74, 6) is 1.82. The fraction of sp³-hybridized carbons (Fsp3) is 0.571. The molecule has 8 nitrogen and oxygen atoms in total. The first-order chi connectivity index (χ1) is 30.3. The fourth-order valence-electron chi connectivity index (χ4n) is 9.08. The van der Waals surface area contributed by atoms with E-state index in [1.54, 1.807) is 0 Å². The molecular formula is C56H86N6O2. The molecule has 0 N–H and O–H groups in total. The van der Waals surface area contributed by atoms with E-state index >= 15 is 0 Å². The molecule has 0 saturated heterocycles. The molecule has 352 valence electrons. The minimum Gasteiger partial charge on any atom is -0.492 e. The summed E-state index contributed by atoms with van der Waals surface area (Å²) >= 11 is 0. The number of nitrogens with zero attached hydrogens (tertiary/aromatic N) is 6. The molecule has 0 unspecified atom stereocenters. The molecule has 4 aromatic rings. The van der Waals surface area contributed by atoms with Gasteiger partial charge in [-0.3, -0.25) is 9.80 Å². The topological polar surface area (TPSA) is 37.9 Å². The Morgan fingerprint density at radius 2 is 0.734 bits per heavy atom. The van der Waals surface area contributed by atoms with Crippen molar-refractivity contribution in [3.63, 3.8) is 0 Å². The van der Waals surface area contributed by atoms with Crippen LogP contribution in [0.15, 0.2) is 84.9 Å². The van der Waals surface area contributed by atoms with Crippen LogP contribution in [0.4, 0.5) is 0 Å². The maximum atomic E-state index is 6.56. The molecule has 0 bridgehead atoms. The maximum absolute atomic E-state index is 6.56. The molecule has 0 saturated carbocycles. The average molecular weight is 875 g/mol. The van der Waals surface area contributed by atoms with E-state index in [2.05, 4.69) is 212 Å². The van der Waals surface area contributed by atoms with Crippen LogP contribution in [0.3, 0.4) is 0 Å². The Hall–Kier alpha value is -3.76. The van der Waals surface area contributed by atoms with Gasteiger partial charge in [-0.25, -0.2) is 0 Å². The maximum Gasteiger partial charge on any atom is 0.119 e. The van der Waals surface area contributed by atoms with Crippen molar-refractivity contribution in [2.24, 2.45) is 0 Å². The molecule has 8 heteroatoms. The number of benzene rings is 4. The number of ether oxygens (including phenoxy) is 2. The largest absolute Gasteiger partial charge is 0.492 e. The van der Waals surface area contributed by atoms with E-state index in [0.29, 0.717) is 13.2 Å². The standard InChI is InChI=1S/C56H86N6O2/c1-54(2,3)46-22-28-50-51-29-23-47(55(4,5)6)43-53(51)56(52(50)42-46,45-20-26-49(27-21-45)64-41-39-62(37-36-60(13)14)35-17-32-59(11)12)44-18-24-48(25-19-44)63-40-38-61(33-15-30-57(7)8)34-16-31-58(9)10/h18-29,42-43H,15-17,30-41H2,1-14H3. The van der Waals surface area contributed by atoms with Gasteiger partial charge in [0.25, 0.3) is 0 Å². The molecule has 0 spiro atoms. The third-order valence-corrected chi connectivity index (χ3v) is 12.9. The summed E-state index contributed by atoms with van der Waals surface area (Å²) in [7, 11) is 17.2. The monoisotopic (exact) mass is 875 g/mol. The van der Waals surface area contributed by atoms with E-state index < -0.39 is 5.41 Å². The SMILES string of the molecule is CN(C)CCCN(CCCN(C)C)CCOc1ccc(C2(c3ccc(OCCN(CCCN(C)C)CCN(C)C)cc3)c3cc(C(C)(C)C)ccc3-c3ccc(C(C)(C)C)cc32)cc1. The fourth-order valence-corrected chi connectivity index (χ4v) is 9.08. The zero-order chi connectivity index (χ0) is 46.7. The number of hydrogen-bond donors (Lipinski definition) is 0. The van der Waals surface area contributed by atoms with E-state index in [1.165, 1.54) is 44.5 Å². The number of hydrogen-bond acceptors (Lipinski definition) is 8. The molecule has 1 aliphatic carbocycles. The Morgan fingerprint density at radius 3 is 1.06 bits per heavy atom. The lowest BCUT2D eigenvalue weighted by atomic mass is 9.66. The van der Waals surface area contributed by atoms with Crippen LogP contribution in [0.25, 0.3) is 11.1 Å². The summed E-state index contributed by atoms with van der Waals surface area (Å²) in [5.41, 5.74) is 9.88. The molecule has 64 heavy (non-hydrogen) atoms. The summed E-state index contributed by atoms with van der Waals surface area (Å²) in [6, 6.07) is 32.6. The van der Waals surface area contributed by atoms with Crippen LogP contribution in [0.1, 0.15) is 94.2 Å². The van der Waals surface area contributed by atoms with Gasteiger partial charge in [0.05, 0.1) is 5.41 Å². The minimum absolute atomic E-state index is 0.0127. The highest BCUT2D eigenvalue weighted by molar-refractivity contribution is 5.87. The Bertz CT molecular complexity index is 1930. The van der Waals surface area contributed by atoms with Gasteiger partial charge in [-0.2, -0.15) is 0 Å². The molecule has 0 heterocycles. The zero-order valence-electron chi connectivity index (χ0n) is 42.7. The normalized spacial score (nSPS) is 13.8. The van der Waals surface area contributed by atoms with Gasteiger partial charge in [0.15, 0.2) is 0 Å². The molecule has 4 aromatic carbocycles. The Balaban J connectivity index is 1.50. The molecule has 0 atom stereocenters. The van der Waals surface area contributed by atoms with Crippen molar-refractivity contribution in [2.45, 2.75) is 77.0 Å². The summed E-state index contributed by atoms with van der Waals surface area (Å²) in [5, 5.41) is 0. The second kappa shape index (κ2) is 23.1. The van der Waals surface area contributed by atoms with Crippen LogP contribution < -0.4 is 9.47 Å². The Kier molecular flexibility index (Phi) is 18.5. The molecular weight excluding hydrogens is 789 g/mol. The molecule has 0 aromatic heterocycles. The molecule has 0 amide bonds. The van der Waals surface area contributed by atoms with Crippen molar-refractivity contribution in [1.82, 2.24) is 29.4 Å². The van der Waals surface area contributed by atoms with Crippen molar-refractivity contribution in [2.75, 3.05) is 135 Å². The lowest BCUT2D eigenvalue weighted by Gasteiger charge is -2.35. The van der Waals surface area contributed by atoms with Crippen LogP contribution in [0.2, 0.25) is 0 Å². The van der Waals surface area contributed by atoms with Crippen molar-refractivity contribution < 1.29 is 9.47 Å². The van der Waals surface area contributed by atoms with Crippen molar-refractivity contribution in [1.29, 1.82) is 0 Å².